The number of hydrogen-bond donors (Lipinski definition) is 2. The molecule has 3 aliphatic heterocycles. The van der Waals surface area contributed by atoms with Crippen LogP contribution in [0.3, 0.4) is 0 Å². The Bertz CT molecular complexity index is 937. The minimum atomic E-state index is 0.0562. The fourth-order valence-corrected chi connectivity index (χ4v) is 5.60. The molecular weight excluding hydrogens is 452 g/mol. The number of anilines is 1. The van der Waals surface area contributed by atoms with Crippen molar-refractivity contribution in [2.45, 2.75) is 32.1 Å². The van der Waals surface area contributed by atoms with Gasteiger partial charge < -0.3 is 25.0 Å². The minimum absolute atomic E-state index is 0.0562. The first kappa shape index (κ1) is 23.6. The Kier molecular flexibility index (Phi) is 7.67. The third-order valence-electron chi connectivity index (χ3n) is 7.50. The number of carbonyl (C=O) groups is 1. The Hall–Kier alpha value is -2.16. The van der Waals surface area contributed by atoms with Crippen molar-refractivity contribution in [3.05, 3.63) is 29.3 Å². The third-order valence-corrected chi connectivity index (χ3v) is 7.76. The van der Waals surface area contributed by atoms with Crippen LogP contribution in [0.1, 0.15) is 32.1 Å². The van der Waals surface area contributed by atoms with Gasteiger partial charge in [-0.25, -0.2) is 0 Å². The lowest BCUT2D eigenvalue weighted by Gasteiger charge is -2.30. The molecule has 2 atom stereocenters. The van der Waals surface area contributed by atoms with E-state index in [-0.39, 0.29) is 11.8 Å². The summed E-state index contributed by atoms with van der Waals surface area (Å²) >= 11 is 5.96. The highest BCUT2D eigenvalue weighted by Gasteiger charge is 2.29. The van der Waals surface area contributed by atoms with E-state index < -0.39 is 0 Å². The van der Waals surface area contributed by atoms with Gasteiger partial charge in [0.1, 0.15) is 0 Å². The summed E-state index contributed by atoms with van der Waals surface area (Å²) in [7, 11) is 0. The zero-order chi connectivity index (χ0) is 23.3. The summed E-state index contributed by atoms with van der Waals surface area (Å²) in [4.78, 5) is 22.0. The van der Waals surface area contributed by atoms with Gasteiger partial charge in [0.25, 0.3) is 0 Å². The van der Waals surface area contributed by atoms with Crippen molar-refractivity contribution < 1.29 is 9.32 Å². The van der Waals surface area contributed by atoms with E-state index in [1.54, 1.807) is 0 Å². The Morgan fingerprint density at radius 3 is 2.71 bits per heavy atom. The summed E-state index contributed by atoms with van der Waals surface area (Å²) in [5, 5.41) is 11.5. The number of rotatable bonds is 7. The SMILES string of the molecule is O=C(NCC1CCN(C[C@H]2CCCNC2)C1)C1CCN(c2nc(-c3ccc(Cl)cc3)no2)CC1. The van der Waals surface area contributed by atoms with Gasteiger partial charge in [-0.3, -0.25) is 4.79 Å². The first-order valence-corrected chi connectivity index (χ1v) is 13.1. The van der Waals surface area contributed by atoms with Crippen LogP contribution >= 0.6 is 11.6 Å². The number of hydrogen-bond acceptors (Lipinski definition) is 7. The van der Waals surface area contributed by atoms with Crippen LogP contribution in [0.15, 0.2) is 28.8 Å². The van der Waals surface area contributed by atoms with Crippen LogP contribution < -0.4 is 15.5 Å². The Morgan fingerprint density at radius 2 is 1.94 bits per heavy atom. The first-order valence-electron chi connectivity index (χ1n) is 12.7. The molecule has 3 aliphatic rings. The summed E-state index contributed by atoms with van der Waals surface area (Å²) in [6.07, 6.45) is 5.43. The molecule has 9 heteroatoms. The summed E-state index contributed by atoms with van der Waals surface area (Å²) < 4.78 is 5.49. The lowest BCUT2D eigenvalue weighted by atomic mass is 9.96. The Balaban J connectivity index is 1.03. The Morgan fingerprint density at radius 1 is 1.12 bits per heavy atom. The summed E-state index contributed by atoms with van der Waals surface area (Å²) in [5.41, 5.74) is 0.870. The fraction of sp³-hybridized carbons (Fsp3) is 0.640. The number of nitrogens with one attached hydrogen (secondary N) is 2. The monoisotopic (exact) mass is 486 g/mol. The summed E-state index contributed by atoms with van der Waals surface area (Å²) in [5.74, 6) is 2.17. The third kappa shape index (κ3) is 5.90. The van der Waals surface area contributed by atoms with Gasteiger partial charge in [0.05, 0.1) is 0 Å². The molecule has 2 N–H and O–H groups in total. The molecule has 0 bridgehead atoms. The number of benzene rings is 1. The first-order chi connectivity index (χ1) is 16.6. The number of aromatic nitrogens is 2. The average Bonchev–Trinajstić information content (AvgIpc) is 3.54. The second kappa shape index (κ2) is 11.1. The van der Waals surface area contributed by atoms with Crippen molar-refractivity contribution >= 4 is 23.5 Å². The predicted molar refractivity (Wildman–Crippen MR) is 133 cm³/mol. The molecule has 0 saturated carbocycles. The second-order valence-electron chi connectivity index (χ2n) is 10.0. The van der Waals surface area contributed by atoms with Gasteiger partial charge in [-0.1, -0.05) is 16.8 Å². The number of likely N-dealkylation sites (tertiary alicyclic amines) is 1. The Labute approximate surface area is 206 Å². The van der Waals surface area contributed by atoms with Crippen molar-refractivity contribution in [1.29, 1.82) is 0 Å². The van der Waals surface area contributed by atoms with Gasteiger partial charge in [0.2, 0.25) is 11.7 Å². The lowest BCUT2D eigenvalue weighted by molar-refractivity contribution is -0.125. The molecule has 3 fully saturated rings. The molecule has 0 spiro atoms. The second-order valence-corrected chi connectivity index (χ2v) is 10.5. The van der Waals surface area contributed by atoms with E-state index in [2.05, 4.69) is 30.6 Å². The van der Waals surface area contributed by atoms with Crippen LogP contribution in [-0.2, 0) is 4.79 Å². The minimum Gasteiger partial charge on any atom is -0.356 e. The van der Waals surface area contributed by atoms with Crippen molar-refractivity contribution in [2.24, 2.45) is 17.8 Å². The van der Waals surface area contributed by atoms with Gasteiger partial charge in [0.15, 0.2) is 0 Å². The standard InChI is InChI=1S/C25H35ClN6O2/c26-22-5-3-20(4-6-22)23-29-25(34-30-23)32-12-8-21(9-13-32)24(33)28-15-19-7-11-31(17-19)16-18-2-1-10-27-14-18/h3-6,18-19,21,27H,1-2,7-17H2,(H,28,33)/t18-,19?/m0/s1. The predicted octanol–water partition coefficient (Wildman–Crippen LogP) is 3.04. The zero-order valence-corrected chi connectivity index (χ0v) is 20.5. The summed E-state index contributed by atoms with van der Waals surface area (Å²) in [6, 6.07) is 7.90. The van der Waals surface area contributed by atoms with Gasteiger partial charge in [-0.05, 0) is 87.8 Å². The van der Waals surface area contributed by atoms with E-state index in [1.807, 2.05) is 24.3 Å². The van der Waals surface area contributed by atoms with E-state index in [0.29, 0.717) is 22.8 Å². The van der Waals surface area contributed by atoms with E-state index in [1.165, 1.54) is 32.4 Å². The highest BCUT2D eigenvalue weighted by atomic mass is 35.5. The molecule has 34 heavy (non-hydrogen) atoms. The molecular formula is C25H35ClN6O2. The normalized spacial score (nSPS) is 24.4. The van der Waals surface area contributed by atoms with Crippen LogP contribution in [0.25, 0.3) is 11.4 Å². The van der Waals surface area contributed by atoms with Crippen molar-refractivity contribution in [3.63, 3.8) is 0 Å². The smallest absolute Gasteiger partial charge is 0.324 e. The van der Waals surface area contributed by atoms with Gasteiger partial charge in [-0.2, -0.15) is 4.98 Å². The van der Waals surface area contributed by atoms with Crippen molar-refractivity contribution in [2.75, 3.05) is 57.3 Å². The maximum atomic E-state index is 12.8. The number of nitrogens with zero attached hydrogens (tertiary/aromatic N) is 4. The molecule has 1 unspecified atom stereocenters. The maximum Gasteiger partial charge on any atom is 0.324 e. The molecule has 2 aromatic rings. The van der Waals surface area contributed by atoms with Crippen LogP contribution in [0.2, 0.25) is 5.02 Å². The van der Waals surface area contributed by atoms with E-state index in [9.17, 15) is 4.79 Å². The number of piperidine rings is 2. The van der Waals surface area contributed by atoms with Crippen LogP contribution in [0.4, 0.5) is 6.01 Å². The van der Waals surface area contributed by atoms with E-state index >= 15 is 0 Å². The van der Waals surface area contributed by atoms with Crippen LogP contribution in [0, 0.1) is 17.8 Å². The zero-order valence-electron chi connectivity index (χ0n) is 19.7. The molecule has 1 amide bonds. The molecule has 184 valence electrons. The average molecular weight is 487 g/mol. The fourth-order valence-electron chi connectivity index (χ4n) is 5.47. The molecule has 0 radical (unpaired) electrons. The molecule has 4 heterocycles. The molecule has 3 saturated heterocycles. The molecule has 1 aromatic carbocycles. The largest absolute Gasteiger partial charge is 0.356 e. The topological polar surface area (TPSA) is 86.5 Å². The number of carbonyl (C=O) groups excluding carboxylic acids is 1. The molecule has 8 nitrogen and oxygen atoms in total. The van der Waals surface area contributed by atoms with Gasteiger partial charge in [0, 0.05) is 49.2 Å². The molecule has 1 aromatic heterocycles. The highest BCUT2D eigenvalue weighted by Crippen LogP contribution is 2.26. The quantitative estimate of drug-likeness (QED) is 0.622. The lowest BCUT2D eigenvalue weighted by Crippen LogP contribution is -2.42. The van der Waals surface area contributed by atoms with Gasteiger partial charge >= 0.3 is 6.01 Å². The number of halogens is 1. The van der Waals surface area contributed by atoms with E-state index in [0.717, 1.165) is 63.6 Å². The number of amides is 1. The van der Waals surface area contributed by atoms with Crippen LogP contribution in [-0.4, -0.2) is 73.3 Å². The molecule has 0 aliphatic carbocycles. The van der Waals surface area contributed by atoms with Crippen molar-refractivity contribution in [1.82, 2.24) is 25.7 Å². The molecule has 5 rings (SSSR count). The van der Waals surface area contributed by atoms with E-state index in [4.69, 9.17) is 16.1 Å². The van der Waals surface area contributed by atoms with Gasteiger partial charge in [-0.15, -0.1) is 0 Å². The maximum absolute atomic E-state index is 12.8. The van der Waals surface area contributed by atoms with Crippen molar-refractivity contribution in [3.8, 4) is 11.4 Å². The summed E-state index contributed by atoms with van der Waals surface area (Å²) in [6.45, 7) is 8.09. The highest BCUT2D eigenvalue weighted by molar-refractivity contribution is 6.30. The van der Waals surface area contributed by atoms with Crippen LogP contribution in [0.5, 0.6) is 0 Å².